The Balaban J connectivity index is 1.63. The molecular weight excluding hydrogens is 246 g/mol. The maximum absolute atomic E-state index is 11.7. The second kappa shape index (κ2) is 7.16. The van der Waals surface area contributed by atoms with Gasteiger partial charge in [-0.3, -0.25) is 4.90 Å². The molecule has 2 N–H and O–H groups in total. The highest BCUT2D eigenvalue weighted by atomic mass is 16.5. The average Bonchev–Trinajstić information content (AvgIpc) is 3.05. The van der Waals surface area contributed by atoms with Crippen LogP contribution in [0.4, 0.5) is 4.79 Å². The number of methoxy groups -OCH3 is 1. The maximum Gasteiger partial charge on any atom is 0.315 e. The first kappa shape index (κ1) is 13.9. The number of rotatable bonds is 6. The molecular formula is C13H21N3O3. The lowest BCUT2D eigenvalue weighted by molar-refractivity contribution is 0.159. The van der Waals surface area contributed by atoms with Gasteiger partial charge in [0.05, 0.1) is 19.1 Å². The van der Waals surface area contributed by atoms with E-state index < -0.39 is 0 Å². The molecule has 1 saturated heterocycles. The lowest BCUT2D eigenvalue weighted by Gasteiger charge is -2.16. The van der Waals surface area contributed by atoms with Gasteiger partial charge in [-0.25, -0.2) is 4.79 Å². The van der Waals surface area contributed by atoms with Gasteiger partial charge < -0.3 is 19.8 Å². The van der Waals surface area contributed by atoms with Crippen molar-refractivity contribution >= 4 is 6.03 Å². The van der Waals surface area contributed by atoms with Crippen LogP contribution in [0, 0.1) is 0 Å². The molecule has 1 unspecified atom stereocenters. The molecule has 1 aliphatic rings. The molecule has 2 amide bonds. The van der Waals surface area contributed by atoms with Gasteiger partial charge in [0.25, 0.3) is 0 Å². The fourth-order valence-corrected chi connectivity index (χ4v) is 2.19. The van der Waals surface area contributed by atoms with E-state index in [1.54, 1.807) is 19.6 Å². The van der Waals surface area contributed by atoms with Crippen LogP contribution in [0.1, 0.15) is 12.0 Å². The van der Waals surface area contributed by atoms with E-state index in [0.29, 0.717) is 6.54 Å². The minimum atomic E-state index is -0.125. The Bertz CT molecular complexity index is 380. The fourth-order valence-electron chi connectivity index (χ4n) is 2.19. The smallest absolute Gasteiger partial charge is 0.315 e. The summed E-state index contributed by atoms with van der Waals surface area (Å²) in [6.45, 7) is 4.05. The average molecular weight is 267 g/mol. The molecule has 1 atom stereocenters. The molecule has 1 aromatic rings. The van der Waals surface area contributed by atoms with Gasteiger partial charge in [0.2, 0.25) is 0 Å². The summed E-state index contributed by atoms with van der Waals surface area (Å²) in [7, 11) is 1.70. The highest BCUT2D eigenvalue weighted by Crippen LogP contribution is 2.08. The predicted octanol–water partition coefficient (Wildman–Crippen LogP) is 0.799. The van der Waals surface area contributed by atoms with Crippen molar-refractivity contribution in [3.8, 4) is 0 Å². The van der Waals surface area contributed by atoms with Gasteiger partial charge in [-0.2, -0.15) is 0 Å². The largest absolute Gasteiger partial charge is 0.472 e. The highest BCUT2D eigenvalue weighted by Gasteiger charge is 2.23. The summed E-state index contributed by atoms with van der Waals surface area (Å²) in [6, 6.07) is 1.93. The Labute approximate surface area is 113 Å². The summed E-state index contributed by atoms with van der Waals surface area (Å²) in [5, 5.41) is 5.80. The Hall–Kier alpha value is -1.53. The minimum absolute atomic E-state index is 0.125. The van der Waals surface area contributed by atoms with Crippen molar-refractivity contribution < 1.29 is 13.9 Å². The first-order valence-corrected chi connectivity index (χ1v) is 6.54. The second-order valence-corrected chi connectivity index (χ2v) is 4.74. The highest BCUT2D eigenvalue weighted by molar-refractivity contribution is 5.74. The number of nitrogens with one attached hydrogen (secondary N) is 2. The zero-order valence-electron chi connectivity index (χ0n) is 11.2. The van der Waals surface area contributed by atoms with Crippen LogP contribution in [-0.4, -0.2) is 50.3 Å². The monoisotopic (exact) mass is 267 g/mol. The van der Waals surface area contributed by atoms with Crippen LogP contribution >= 0.6 is 0 Å². The van der Waals surface area contributed by atoms with Crippen LogP contribution in [0.25, 0.3) is 0 Å². The molecule has 6 heteroatoms. The van der Waals surface area contributed by atoms with E-state index in [1.165, 1.54) is 0 Å². The summed E-state index contributed by atoms with van der Waals surface area (Å²) in [5.41, 5.74) is 0.961. The molecule has 0 spiro atoms. The number of hydrogen-bond acceptors (Lipinski definition) is 4. The summed E-state index contributed by atoms with van der Waals surface area (Å²) >= 11 is 0. The summed E-state index contributed by atoms with van der Waals surface area (Å²) < 4.78 is 9.99. The predicted molar refractivity (Wildman–Crippen MR) is 70.8 cm³/mol. The fraction of sp³-hybridized carbons (Fsp3) is 0.615. The van der Waals surface area contributed by atoms with E-state index in [4.69, 9.17) is 9.15 Å². The van der Waals surface area contributed by atoms with Gasteiger partial charge in [-0.05, 0) is 12.5 Å². The quantitative estimate of drug-likeness (QED) is 0.800. The van der Waals surface area contributed by atoms with E-state index in [0.717, 1.165) is 38.2 Å². The molecule has 6 nitrogen and oxygen atoms in total. The number of furan rings is 1. The SMILES string of the molecule is COCCN1CCC(NC(=O)NCc2ccoc2)C1. The molecule has 1 aliphatic heterocycles. The lowest BCUT2D eigenvalue weighted by atomic mass is 10.3. The summed E-state index contributed by atoms with van der Waals surface area (Å²) in [6.07, 6.45) is 4.21. The van der Waals surface area contributed by atoms with Crippen LogP contribution in [-0.2, 0) is 11.3 Å². The van der Waals surface area contributed by atoms with Crippen LogP contribution in [0.3, 0.4) is 0 Å². The van der Waals surface area contributed by atoms with E-state index in [9.17, 15) is 4.79 Å². The number of likely N-dealkylation sites (tertiary alicyclic amines) is 1. The third kappa shape index (κ3) is 4.57. The normalized spacial score (nSPS) is 19.5. The van der Waals surface area contributed by atoms with Gasteiger partial charge in [0.15, 0.2) is 0 Å². The Kier molecular flexibility index (Phi) is 5.23. The van der Waals surface area contributed by atoms with Crippen molar-refractivity contribution in [3.05, 3.63) is 24.2 Å². The Morgan fingerprint density at radius 3 is 3.26 bits per heavy atom. The molecule has 2 rings (SSSR count). The molecule has 2 heterocycles. The number of hydrogen-bond donors (Lipinski definition) is 2. The number of amides is 2. The van der Waals surface area contributed by atoms with Crippen LogP contribution in [0.15, 0.2) is 23.0 Å². The van der Waals surface area contributed by atoms with Crippen molar-refractivity contribution in [2.45, 2.75) is 19.0 Å². The number of carbonyl (C=O) groups excluding carboxylic acids is 1. The molecule has 19 heavy (non-hydrogen) atoms. The number of urea groups is 1. The maximum atomic E-state index is 11.7. The Morgan fingerprint density at radius 2 is 2.53 bits per heavy atom. The van der Waals surface area contributed by atoms with Crippen molar-refractivity contribution in [2.75, 3.05) is 33.4 Å². The van der Waals surface area contributed by atoms with Gasteiger partial charge >= 0.3 is 6.03 Å². The first-order valence-electron chi connectivity index (χ1n) is 6.54. The Morgan fingerprint density at radius 1 is 1.63 bits per heavy atom. The van der Waals surface area contributed by atoms with Crippen molar-refractivity contribution in [1.82, 2.24) is 15.5 Å². The molecule has 106 valence electrons. The van der Waals surface area contributed by atoms with Crippen LogP contribution in [0.2, 0.25) is 0 Å². The zero-order valence-corrected chi connectivity index (χ0v) is 11.2. The van der Waals surface area contributed by atoms with Crippen molar-refractivity contribution in [1.29, 1.82) is 0 Å². The topological polar surface area (TPSA) is 66.7 Å². The van der Waals surface area contributed by atoms with E-state index in [1.807, 2.05) is 6.07 Å². The molecule has 0 bridgehead atoms. The van der Waals surface area contributed by atoms with Gasteiger partial charge in [-0.1, -0.05) is 0 Å². The van der Waals surface area contributed by atoms with Crippen molar-refractivity contribution in [2.24, 2.45) is 0 Å². The minimum Gasteiger partial charge on any atom is -0.472 e. The first-order chi connectivity index (χ1) is 9.28. The summed E-state index contributed by atoms with van der Waals surface area (Å²) in [5.74, 6) is 0. The second-order valence-electron chi connectivity index (χ2n) is 4.74. The lowest BCUT2D eigenvalue weighted by Crippen LogP contribution is -2.43. The molecule has 0 aromatic carbocycles. The molecule has 0 radical (unpaired) electrons. The van der Waals surface area contributed by atoms with Crippen molar-refractivity contribution in [3.63, 3.8) is 0 Å². The molecule has 1 aromatic heterocycles. The molecule has 0 aliphatic carbocycles. The third-order valence-corrected chi connectivity index (χ3v) is 3.25. The van der Waals surface area contributed by atoms with E-state index in [2.05, 4.69) is 15.5 Å². The number of carbonyl (C=O) groups is 1. The van der Waals surface area contributed by atoms with Gasteiger partial charge in [-0.15, -0.1) is 0 Å². The van der Waals surface area contributed by atoms with Gasteiger partial charge in [0.1, 0.15) is 0 Å². The van der Waals surface area contributed by atoms with E-state index >= 15 is 0 Å². The molecule has 0 saturated carbocycles. The van der Waals surface area contributed by atoms with Crippen LogP contribution < -0.4 is 10.6 Å². The zero-order chi connectivity index (χ0) is 13.5. The molecule has 1 fully saturated rings. The third-order valence-electron chi connectivity index (χ3n) is 3.25. The van der Waals surface area contributed by atoms with E-state index in [-0.39, 0.29) is 12.1 Å². The van der Waals surface area contributed by atoms with Gasteiger partial charge in [0, 0.05) is 44.9 Å². The standard InChI is InChI=1S/C13H21N3O3/c1-18-7-5-16-4-2-12(9-16)15-13(17)14-8-11-3-6-19-10-11/h3,6,10,12H,2,4-5,7-9H2,1H3,(H2,14,15,17). The van der Waals surface area contributed by atoms with Crippen LogP contribution in [0.5, 0.6) is 0 Å². The number of ether oxygens (including phenoxy) is 1. The number of nitrogens with zero attached hydrogens (tertiary/aromatic N) is 1. The summed E-state index contributed by atoms with van der Waals surface area (Å²) in [4.78, 5) is 14.0.